The zero-order valence-electron chi connectivity index (χ0n) is 13.6. The summed E-state index contributed by atoms with van der Waals surface area (Å²) in [7, 11) is 0. The van der Waals surface area contributed by atoms with Crippen molar-refractivity contribution in [2.45, 2.75) is 24.3 Å². The summed E-state index contributed by atoms with van der Waals surface area (Å²) in [6.07, 6.45) is 0.759. The van der Waals surface area contributed by atoms with E-state index in [9.17, 15) is 4.39 Å². The summed E-state index contributed by atoms with van der Waals surface area (Å²) in [5, 5.41) is 1.11. The van der Waals surface area contributed by atoms with Gasteiger partial charge in [-0.05, 0) is 36.2 Å². The Morgan fingerprint density at radius 1 is 1.08 bits per heavy atom. The van der Waals surface area contributed by atoms with Crippen molar-refractivity contribution in [3.8, 4) is 11.6 Å². The Bertz CT molecular complexity index is 876. The van der Waals surface area contributed by atoms with Crippen LogP contribution in [0.4, 0.5) is 4.39 Å². The van der Waals surface area contributed by atoms with Crippen LogP contribution >= 0.6 is 23.4 Å². The van der Waals surface area contributed by atoms with Gasteiger partial charge in [0.2, 0.25) is 5.88 Å². The lowest BCUT2D eigenvalue weighted by atomic mass is 10.2. The van der Waals surface area contributed by atoms with E-state index in [0.29, 0.717) is 27.6 Å². The molecule has 0 unspecified atom stereocenters. The Kier molecular flexibility index (Phi) is 5.89. The second-order valence-electron chi connectivity index (χ2n) is 5.28. The van der Waals surface area contributed by atoms with Gasteiger partial charge in [0.25, 0.3) is 0 Å². The largest absolute Gasteiger partial charge is 0.437 e. The Hall–Kier alpha value is -2.11. The molecule has 0 saturated carbocycles. The number of benzene rings is 2. The van der Waals surface area contributed by atoms with Crippen molar-refractivity contribution in [2.75, 3.05) is 0 Å². The molecule has 6 heteroatoms. The van der Waals surface area contributed by atoms with Gasteiger partial charge >= 0.3 is 0 Å². The maximum Gasteiger partial charge on any atom is 0.223 e. The molecule has 3 rings (SSSR count). The molecule has 0 aliphatic rings. The number of thioether (sulfide) groups is 1. The lowest BCUT2D eigenvalue weighted by Crippen LogP contribution is -1.97. The maximum atomic E-state index is 13.3. The Morgan fingerprint density at radius 3 is 2.68 bits per heavy atom. The molecule has 0 spiro atoms. The molecule has 0 N–H and O–H groups in total. The predicted octanol–water partition coefficient (Wildman–Crippen LogP) is 5.92. The van der Waals surface area contributed by atoms with Crippen LogP contribution in [-0.4, -0.2) is 9.97 Å². The van der Waals surface area contributed by atoms with E-state index in [2.05, 4.69) is 9.97 Å². The van der Waals surface area contributed by atoms with Crippen LogP contribution in [0, 0.1) is 5.82 Å². The molecular formula is C19H16ClFN2OS. The van der Waals surface area contributed by atoms with Gasteiger partial charge in [-0.3, -0.25) is 0 Å². The van der Waals surface area contributed by atoms with Gasteiger partial charge < -0.3 is 4.74 Å². The summed E-state index contributed by atoms with van der Waals surface area (Å²) in [4.78, 5) is 8.93. The number of ether oxygens (including phenoxy) is 1. The fraction of sp³-hybridized carbons (Fsp3) is 0.158. The van der Waals surface area contributed by atoms with Crippen molar-refractivity contribution in [3.05, 3.63) is 76.7 Å². The maximum absolute atomic E-state index is 13.3. The van der Waals surface area contributed by atoms with E-state index in [1.807, 2.05) is 25.1 Å². The molecule has 128 valence electrons. The number of hydrogen-bond donors (Lipinski definition) is 0. The van der Waals surface area contributed by atoms with E-state index in [4.69, 9.17) is 16.3 Å². The first-order valence-corrected chi connectivity index (χ1v) is 9.18. The van der Waals surface area contributed by atoms with Crippen LogP contribution in [0.15, 0.2) is 59.8 Å². The highest BCUT2D eigenvalue weighted by atomic mass is 35.5. The van der Waals surface area contributed by atoms with E-state index in [0.717, 1.165) is 17.7 Å². The summed E-state index contributed by atoms with van der Waals surface area (Å²) in [6.45, 7) is 2.02. The van der Waals surface area contributed by atoms with Gasteiger partial charge in [0.15, 0.2) is 5.16 Å². The number of aryl methyl sites for hydroxylation is 1. The summed E-state index contributed by atoms with van der Waals surface area (Å²) < 4.78 is 19.1. The van der Waals surface area contributed by atoms with Gasteiger partial charge in [-0.2, -0.15) is 4.98 Å². The molecule has 1 heterocycles. The highest BCUT2D eigenvalue weighted by molar-refractivity contribution is 7.98. The summed E-state index contributed by atoms with van der Waals surface area (Å²) in [5.41, 5.74) is 1.75. The van der Waals surface area contributed by atoms with Crippen LogP contribution in [0.2, 0.25) is 5.02 Å². The Labute approximate surface area is 155 Å². The van der Waals surface area contributed by atoms with E-state index in [1.54, 1.807) is 24.3 Å². The molecule has 0 amide bonds. The zero-order chi connectivity index (χ0) is 17.6. The average Bonchev–Trinajstić information content (AvgIpc) is 2.62. The van der Waals surface area contributed by atoms with Crippen LogP contribution in [0.5, 0.6) is 11.6 Å². The second kappa shape index (κ2) is 8.32. The summed E-state index contributed by atoms with van der Waals surface area (Å²) in [5.74, 6) is 1.33. The van der Waals surface area contributed by atoms with Crippen molar-refractivity contribution in [1.29, 1.82) is 0 Å². The molecule has 25 heavy (non-hydrogen) atoms. The van der Waals surface area contributed by atoms with Crippen LogP contribution < -0.4 is 4.74 Å². The first-order valence-electron chi connectivity index (χ1n) is 7.81. The molecule has 3 nitrogen and oxygen atoms in total. The van der Waals surface area contributed by atoms with Crippen molar-refractivity contribution < 1.29 is 9.13 Å². The summed E-state index contributed by atoms with van der Waals surface area (Å²) in [6, 6.07) is 15.6. The minimum atomic E-state index is -0.246. The molecular weight excluding hydrogens is 359 g/mol. The quantitative estimate of drug-likeness (QED) is 0.396. The van der Waals surface area contributed by atoms with E-state index >= 15 is 0 Å². The van der Waals surface area contributed by atoms with Crippen LogP contribution in [0.3, 0.4) is 0 Å². The number of aromatic nitrogens is 2. The van der Waals surface area contributed by atoms with Crippen LogP contribution in [0.25, 0.3) is 0 Å². The van der Waals surface area contributed by atoms with Crippen molar-refractivity contribution >= 4 is 23.4 Å². The van der Waals surface area contributed by atoms with Gasteiger partial charge in [0, 0.05) is 17.5 Å². The smallest absolute Gasteiger partial charge is 0.223 e. The lowest BCUT2D eigenvalue weighted by Gasteiger charge is -2.09. The van der Waals surface area contributed by atoms with Crippen molar-refractivity contribution in [1.82, 2.24) is 9.97 Å². The molecule has 3 aromatic rings. The first-order chi connectivity index (χ1) is 12.1. The number of halogens is 2. The monoisotopic (exact) mass is 374 g/mol. The highest BCUT2D eigenvalue weighted by Gasteiger charge is 2.09. The molecule has 2 aromatic carbocycles. The SMILES string of the molecule is CCc1cc(Oc2ccccc2Cl)nc(SCc2cccc(F)c2)n1. The van der Waals surface area contributed by atoms with Crippen LogP contribution in [-0.2, 0) is 12.2 Å². The molecule has 1 aromatic heterocycles. The Balaban J connectivity index is 1.79. The summed E-state index contributed by atoms with van der Waals surface area (Å²) >= 11 is 7.57. The van der Waals surface area contributed by atoms with Gasteiger partial charge in [-0.15, -0.1) is 0 Å². The molecule has 0 saturated heterocycles. The van der Waals surface area contributed by atoms with Crippen molar-refractivity contribution in [2.24, 2.45) is 0 Å². The first kappa shape index (κ1) is 17.7. The predicted molar refractivity (Wildman–Crippen MR) is 98.9 cm³/mol. The van der Waals surface area contributed by atoms with Gasteiger partial charge in [-0.25, -0.2) is 9.37 Å². The normalized spacial score (nSPS) is 10.7. The lowest BCUT2D eigenvalue weighted by molar-refractivity contribution is 0.454. The number of para-hydroxylation sites is 1. The van der Waals surface area contributed by atoms with E-state index < -0.39 is 0 Å². The molecule has 0 radical (unpaired) electrons. The fourth-order valence-corrected chi connectivity index (χ4v) is 3.15. The van der Waals surface area contributed by atoms with Gasteiger partial charge in [0.1, 0.15) is 11.6 Å². The van der Waals surface area contributed by atoms with Crippen LogP contribution in [0.1, 0.15) is 18.2 Å². The molecule has 0 aliphatic heterocycles. The third-order valence-corrected chi connectivity index (χ3v) is 4.64. The minimum absolute atomic E-state index is 0.246. The number of nitrogens with zero attached hydrogens (tertiary/aromatic N) is 2. The molecule has 0 bridgehead atoms. The minimum Gasteiger partial charge on any atom is -0.437 e. The average molecular weight is 375 g/mol. The fourth-order valence-electron chi connectivity index (χ4n) is 2.16. The van der Waals surface area contributed by atoms with Crippen molar-refractivity contribution in [3.63, 3.8) is 0 Å². The zero-order valence-corrected chi connectivity index (χ0v) is 15.1. The number of rotatable bonds is 6. The standard InChI is InChI=1S/C19H16ClFN2OS/c1-2-15-11-18(24-17-9-4-3-8-16(17)20)23-19(22-15)25-12-13-6-5-7-14(21)10-13/h3-11H,2,12H2,1H3. The third-order valence-electron chi connectivity index (χ3n) is 3.41. The second-order valence-corrected chi connectivity index (χ2v) is 6.63. The van der Waals surface area contributed by atoms with Gasteiger partial charge in [0.05, 0.1) is 5.02 Å². The highest BCUT2D eigenvalue weighted by Crippen LogP contribution is 2.29. The van der Waals surface area contributed by atoms with E-state index in [1.165, 1.54) is 23.9 Å². The third kappa shape index (κ3) is 4.94. The molecule has 0 atom stereocenters. The van der Waals surface area contributed by atoms with Gasteiger partial charge in [-0.1, -0.05) is 54.6 Å². The van der Waals surface area contributed by atoms with E-state index in [-0.39, 0.29) is 5.82 Å². The Morgan fingerprint density at radius 2 is 1.92 bits per heavy atom. The molecule has 0 fully saturated rings. The molecule has 0 aliphatic carbocycles. The number of hydrogen-bond acceptors (Lipinski definition) is 4. The topological polar surface area (TPSA) is 35.0 Å².